The number of hydrogen-bond acceptors (Lipinski definition) is 3. The van der Waals surface area contributed by atoms with Gasteiger partial charge in [0.1, 0.15) is 11.8 Å². The van der Waals surface area contributed by atoms with Crippen LogP contribution >= 0.6 is 0 Å². The van der Waals surface area contributed by atoms with E-state index in [1.807, 2.05) is 30.5 Å². The molecule has 16 heavy (non-hydrogen) atoms. The second-order valence-electron chi connectivity index (χ2n) is 3.90. The molecule has 1 aliphatic rings. The van der Waals surface area contributed by atoms with Crippen LogP contribution in [0.15, 0.2) is 30.5 Å². The van der Waals surface area contributed by atoms with Gasteiger partial charge in [-0.2, -0.15) is 5.26 Å². The fourth-order valence-electron chi connectivity index (χ4n) is 2.05. The number of para-hydroxylation sites is 1. The van der Waals surface area contributed by atoms with Gasteiger partial charge in [-0.1, -0.05) is 12.1 Å². The van der Waals surface area contributed by atoms with E-state index in [1.54, 1.807) is 0 Å². The van der Waals surface area contributed by atoms with Gasteiger partial charge < -0.3 is 4.74 Å². The van der Waals surface area contributed by atoms with Crippen LogP contribution in [0, 0.1) is 11.3 Å². The van der Waals surface area contributed by atoms with Crippen LogP contribution in [0.1, 0.15) is 12.0 Å². The Bertz CT molecular complexity index is 586. The summed E-state index contributed by atoms with van der Waals surface area (Å²) < 4.78 is 5.69. The molecule has 0 spiro atoms. The first kappa shape index (κ1) is 9.17. The Kier molecular flexibility index (Phi) is 2.00. The van der Waals surface area contributed by atoms with Crippen molar-refractivity contribution in [3.05, 3.63) is 36.0 Å². The van der Waals surface area contributed by atoms with Crippen LogP contribution in [0.3, 0.4) is 0 Å². The normalized spacial score (nSPS) is 18.6. The lowest BCUT2D eigenvalue weighted by atomic mass is 10.0. The van der Waals surface area contributed by atoms with Gasteiger partial charge in [-0.05, 0) is 18.6 Å². The highest BCUT2D eigenvalue weighted by Crippen LogP contribution is 2.33. The maximum atomic E-state index is 8.90. The highest BCUT2D eigenvalue weighted by molar-refractivity contribution is 5.86. The van der Waals surface area contributed by atoms with Gasteiger partial charge in [0.05, 0.1) is 5.52 Å². The lowest BCUT2D eigenvalue weighted by Gasteiger charge is -2.22. The Morgan fingerprint density at radius 1 is 1.38 bits per heavy atom. The number of benzene rings is 1. The quantitative estimate of drug-likeness (QED) is 0.671. The predicted octanol–water partition coefficient (Wildman–Crippen LogP) is 2.45. The highest BCUT2D eigenvalue weighted by atomic mass is 16.5. The molecule has 0 aliphatic carbocycles. The number of aromatic nitrogens is 1. The van der Waals surface area contributed by atoms with E-state index in [2.05, 4.69) is 11.1 Å². The third kappa shape index (κ3) is 1.31. The largest absolute Gasteiger partial charge is 0.475 e. The number of nitrogens with zero attached hydrogens (tertiary/aromatic N) is 2. The maximum Gasteiger partial charge on any atom is 0.184 e. The fourth-order valence-corrected chi connectivity index (χ4v) is 2.05. The second-order valence-corrected chi connectivity index (χ2v) is 3.90. The molecule has 0 radical (unpaired) electrons. The molecule has 2 aromatic rings. The van der Waals surface area contributed by atoms with Crippen molar-refractivity contribution in [3.8, 4) is 11.8 Å². The molecule has 1 unspecified atom stereocenters. The van der Waals surface area contributed by atoms with Gasteiger partial charge in [-0.15, -0.1) is 0 Å². The summed E-state index contributed by atoms with van der Waals surface area (Å²) in [5.74, 6) is 0.836. The smallest absolute Gasteiger partial charge is 0.184 e. The van der Waals surface area contributed by atoms with Gasteiger partial charge in [-0.25, -0.2) is 0 Å². The van der Waals surface area contributed by atoms with Crippen LogP contribution in [0.2, 0.25) is 0 Å². The van der Waals surface area contributed by atoms with Gasteiger partial charge in [0.25, 0.3) is 0 Å². The molecule has 1 aliphatic heterocycles. The van der Waals surface area contributed by atoms with E-state index in [1.165, 1.54) is 0 Å². The van der Waals surface area contributed by atoms with Crippen LogP contribution in [0.5, 0.6) is 5.75 Å². The average molecular weight is 210 g/mol. The minimum atomic E-state index is -0.321. The third-order valence-electron chi connectivity index (χ3n) is 2.88. The van der Waals surface area contributed by atoms with Crippen LogP contribution in [-0.4, -0.2) is 11.1 Å². The van der Waals surface area contributed by atoms with Crippen molar-refractivity contribution in [2.45, 2.75) is 18.9 Å². The van der Waals surface area contributed by atoms with Crippen LogP contribution in [-0.2, 0) is 6.42 Å². The number of hydrogen-bond donors (Lipinski definition) is 0. The van der Waals surface area contributed by atoms with E-state index in [9.17, 15) is 0 Å². The average Bonchev–Trinajstić information content (AvgIpc) is 2.38. The molecule has 78 valence electrons. The standard InChI is InChI=1S/C13H10N2O/c14-7-10-6-5-9-8-15-12-4-2-1-3-11(12)13(9)16-10/h1-4,8,10H,5-6H2. The van der Waals surface area contributed by atoms with Crippen LogP contribution < -0.4 is 4.74 Å². The third-order valence-corrected chi connectivity index (χ3v) is 2.88. The van der Waals surface area contributed by atoms with Gasteiger partial charge in [0.2, 0.25) is 0 Å². The minimum absolute atomic E-state index is 0.321. The Labute approximate surface area is 93.3 Å². The summed E-state index contributed by atoms with van der Waals surface area (Å²) in [4.78, 5) is 4.38. The van der Waals surface area contributed by atoms with E-state index in [0.717, 1.165) is 35.1 Å². The monoisotopic (exact) mass is 210 g/mol. The van der Waals surface area contributed by atoms with Crippen molar-refractivity contribution in [2.75, 3.05) is 0 Å². The number of nitriles is 1. The molecule has 1 aromatic carbocycles. The van der Waals surface area contributed by atoms with E-state index in [4.69, 9.17) is 10.00 Å². The lowest BCUT2D eigenvalue weighted by molar-refractivity contribution is 0.228. The zero-order valence-electron chi connectivity index (χ0n) is 8.68. The van der Waals surface area contributed by atoms with E-state index in [0.29, 0.717) is 0 Å². The molecule has 1 aromatic heterocycles. The minimum Gasteiger partial charge on any atom is -0.475 e. The molecule has 3 rings (SSSR count). The number of fused-ring (bicyclic) bond motifs is 3. The van der Waals surface area contributed by atoms with Crippen molar-refractivity contribution in [2.24, 2.45) is 0 Å². The molecule has 2 heterocycles. The predicted molar refractivity (Wildman–Crippen MR) is 60.1 cm³/mol. The molecule has 0 saturated carbocycles. The molecule has 3 nitrogen and oxygen atoms in total. The molecule has 1 atom stereocenters. The van der Waals surface area contributed by atoms with Crippen LogP contribution in [0.25, 0.3) is 10.9 Å². The summed E-state index contributed by atoms with van der Waals surface area (Å²) in [6.07, 6.45) is 3.15. The summed E-state index contributed by atoms with van der Waals surface area (Å²) in [5.41, 5.74) is 2.02. The number of ether oxygens (including phenoxy) is 1. The van der Waals surface area contributed by atoms with Crippen LogP contribution in [0.4, 0.5) is 0 Å². The lowest BCUT2D eigenvalue weighted by Crippen LogP contribution is -2.20. The maximum absolute atomic E-state index is 8.90. The number of pyridine rings is 1. The van der Waals surface area contributed by atoms with Gasteiger partial charge in [0, 0.05) is 23.6 Å². The van der Waals surface area contributed by atoms with Crippen molar-refractivity contribution in [3.63, 3.8) is 0 Å². The van der Waals surface area contributed by atoms with Gasteiger partial charge in [0.15, 0.2) is 6.10 Å². The van der Waals surface area contributed by atoms with Crippen molar-refractivity contribution < 1.29 is 4.74 Å². The Balaban J connectivity index is 2.22. The van der Waals surface area contributed by atoms with E-state index in [-0.39, 0.29) is 6.10 Å². The molecule has 0 saturated heterocycles. The van der Waals surface area contributed by atoms with Crippen molar-refractivity contribution in [1.29, 1.82) is 5.26 Å². The molecular weight excluding hydrogens is 200 g/mol. The number of aryl methyl sites for hydroxylation is 1. The molecule has 3 heteroatoms. The fraction of sp³-hybridized carbons (Fsp3) is 0.231. The summed E-state index contributed by atoms with van der Waals surface area (Å²) in [5, 5.41) is 9.90. The second kappa shape index (κ2) is 3.49. The zero-order valence-corrected chi connectivity index (χ0v) is 8.68. The van der Waals surface area contributed by atoms with E-state index < -0.39 is 0 Å². The highest BCUT2D eigenvalue weighted by Gasteiger charge is 2.21. The summed E-state index contributed by atoms with van der Waals surface area (Å²) in [6, 6.07) is 10.0. The first-order chi connectivity index (χ1) is 7.88. The van der Waals surface area contributed by atoms with Gasteiger partial charge in [-0.3, -0.25) is 4.98 Å². The number of rotatable bonds is 0. The Morgan fingerprint density at radius 3 is 3.12 bits per heavy atom. The first-order valence-electron chi connectivity index (χ1n) is 5.31. The molecule has 0 amide bonds. The molecule has 0 bridgehead atoms. The zero-order chi connectivity index (χ0) is 11.0. The first-order valence-corrected chi connectivity index (χ1v) is 5.31. The van der Waals surface area contributed by atoms with Crippen molar-refractivity contribution >= 4 is 10.9 Å². The molecule has 0 N–H and O–H groups in total. The summed E-state index contributed by atoms with van der Waals surface area (Å²) >= 11 is 0. The van der Waals surface area contributed by atoms with Gasteiger partial charge >= 0.3 is 0 Å². The molecular formula is C13H10N2O. The SMILES string of the molecule is N#CC1CCc2cnc3ccccc3c2O1. The van der Waals surface area contributed by atoms with Crippen molar-refractivity contribution in [1.82, 2.24) is 4.98 Å². The Hall–Kier alpha value is -2.08. The summed E-state index contributed by atoms with van der Waals surface area (Å²) in [6.45, 7) is 0. The topological polar surface area (TPSA) is 45.9 Å². The Morgan fingerprint density at radius 2 is 2.25 bits per heavy atom. The molecule has 0 fully saturated rings. The summed E-state index contributed by atoms with van der Waals surface area (Å²) in [7, 11) is 0. The van der Waals surface area contributed by atoms with E-state index >= 15 is 0 Å².